The van der Waals surface area contributed by atoms with Gasteiger partial charge in [0.2, 0.25) is 0 Å². The Hall–Kier alpha value is -7.04. The largest absolute Gasteiger partial charge is 0.507 e. The zero-order valence-corrected chi connectivity index (χ0v) is 37.5. The number of hydrogen-bond donors (Lipinski definition) is 1. The molecule has 0 atom stereocenters. The Morgan fingerprint density at radius 1 is 0.547 bits per heavy atom. The molecule has 9 rings (SSSR count). The van der Waals surface area contributed by atoms with Gasteiger partial charge in [0, 0.05) is 31.1 Å². The standard InChI is InChI=1S/C60H57N3O/c1-37(2)45-34-51(38(3)4)58(64)53(35-45)59-62-57-50(16-13-17-56(57)63(59)55-27-20-40(6)30-52(55)43-23-25-49(26-24-43)60(7,8)9)47-31-46(41-14-11-10-12-15-41)32-48(33-47)54-36-44(28-29-61-54)42-21-18-39(5)19-22-42/h10-38,64H,1-9H3/i5D3,6D3. The molecule has 0 bridgehead atoms. The molecule has 0 saturated heterocycles. The fourth-order valence-corrected chi connectivity index (χ4v) is 8.65. The first kappa shape index (κ1) is 35.4. The van der Waals surface area contributed by atoms with E-state index >= 15 is 0 Å². The number of aromatic nitrogens is 3. The molecular weight excluding hydrogens is 779 g/mol. The number of fused-ring (bicyclic) bond motifs is 1. The second-order valence-electron chi connectivity index (χ2n) is 18.5. The SMILES string of the molecule is [2H]C([2H])([2H])c1ccc(-c2ccnc(-c3cc(-c4ccccc4)cc(-c4cccc5c4nc(-c4cc(C(C)C)cc(C(C)C)c4O)n5-c4ccc(C([2H])([2H])[2H])cc4-c4ccc(C(C)(C)C)cc4)c3)c2)cc1. The lowest BCUT2D eigenvalue weighted by Crippen LogP contribution is -2.10. The van der Waals surface area contributed by atoms with Crippen LogP contribution in [0.3, 0.4) is 0 Å². The maximum atomic E-state index is 12.4. The summed E-state index contributed by atoms with van der Waals surface area (Å²) in [6, 6.07) is 51.5. The molecule has 0 radical (unpaired) electrons. The molecule has 9 aromatic rings. The Morgan fingerprint density at radius 2 is 1.23 bits per heavy atom. The maximum Gasteiger partial charge on any atom is 0.149 e. The van der Waals surface area contributed by atoms with Gasteiger partial charge in [-0.1, -0.05) is 163 Å². The Balaban J connectivity index is 1.32. The van der Waals surface area contributed by atoms with Crippen LogP contribution in [0.5, 0.6) is 5.75 Å². The van der Waals surface area contributed by atoms with E-state index in [1.807, 2.05) is 66.7 Å². The molecule has 318 valence electrons. The molecule has 0 aliphatic carbocycles. The van der Waals surface area contributed by atoms with Crippen LogP contribution in [0.15, 0.2) is 164 Å². The molecule has 2 heterocycles. The summed E-state index contributed by atoms with van der Waals surface area (Å²) in [5.74, 6) is 0.846. The Morgan fingerprint density at radius 3 is 1.94 bits per heavy atom. The molecule has 0 spiro atoms. The predicted molar refractivity (Wildman–Crippen MR) is 269 cm³/mol. The number of para-hydroxylation sites is 1. The fourth-order valence-electron chi connectivity index (χ4n) is 8.65. The molecule has 0 unspecified atom stereocenters. The van der Waals surface area contributed by atoms with Gasteiger partial charge in [0.05, 0.1) is 28.0 Å². The van der Waals surface area contributed by atoms with E-state index in [9.17, 15) is 5.11 Å². The van der Waals surface area contributed by atoms with Crippen molar-refractivity contribution in [3.05, 3.63) is 192 Å². The zero-order valence-electron chi connectivity index (χ0n) is 43.5. The molecule has 0 amide bonds. The lowest BCUT2D eigenvalue weighted by atomic mass is 9.86. The lowest BCUT2D eigenvalue weighted by Gasteiger charge is -2.21. The van der Waals surface area contributed by atoms with Crippen molar-refractivity contribution in [2.45, 2.75) is 79.4 Å². The number of hydrogen-bond acceptors (Lipinski definition) is 3. The van der Waals surface area contributed by atoms with Crippen LogP contribution >= 0.6 is 0 Å². The normalized spacial score (nSPS) is 13.6. The minimum absolute atomic E-state index is 0.0149. The van der Waals surface area contributed by atoms with Crippen molar-refractivity contribution in [1.82, 2.24) is 14.5 Å². The van der Waals surface area contributed by atoms with E-state index in [4.69, 9.17) is 18.2 Å². The van der Waals surface area contributed by atoms with Crippen LogP contribution in [0.4, 0.5) is 0 Å². The van der Waals surface area contributed by atoms with Crippen molar-refractivity contribution in [2.24, 2.45) is 0 Å². The number of aryl methyl sites for hydroxylation is 2. The molecule has 0 saturated carbocycles. The van der Waals surface area contributed by atoms with Gasteiger partial charge in [0.1, 0.15) is 11.6 Å². The molecule has 7 aromatic carbocycles. The van der Waals surface area contributed by atoms with Gasteiger partial charge in [0.15, 0.2) is 0 Å². The molecule has 64 heavy (non-hydrogen) atoms. The molecule has 4 heteroatoms. The van der Waals surface area contributed by atoms with E-state index in [0.29, 0.717) is 16.9 Å². The van der Waals surface area contributed by atoms with Crippen molar-refractivity contribution in [2.75, 3.05) is 0 Å². The van der Waals surface area contributed by atoms with Crippen molar-refractivity contribution in [3.63, 3.8) is 0 Å². The van der Waals surface area contributed by atoms with Crippen LogP contribution in [0.1, 0.15) is 96.3 Å². The van der Waals surface area contributed by atoms with Gasteiger partial charge in [-0.15, -0.1) is 0 Å². The van der Waals surface area contributed by atoms with Crippen molar-refractivity contribution >= 4 is 11.0 Å². The summed E-state index contributed by atoms with van der Waals surface area (Å²) >= 11 is 0. The number of nitrogens with zero attached hydrogens (tertiary/aromatic N) is 3. The summed E-state index contributed by atoms with van der Waals surface area (Å²) in [7, 11) is 0. The summed E-state index contributed by atoms with van der Waals surface area (Å²) in [5, 5.41) is 12.4. The first-order valence-electron chi connectivity index (χ1n) is 25.1. The summed E-state index contributed by atoms with van der Waals surface area (Å²) in [5.41, 5.74) is 14.9. The lowest BCUT2D eigenvalue weighted by molar-refractivity contribution is 0.466. The molecule has 4 nitrogen and oxygen atoms in total. The molecule has 0 fully saturated rings. The van der Waals surface area contributed by atoms with Gasteiger partial charge in [0.25, 0.3) is 0 Å². The summed E-state index contributed by atoms with van der Waals surface area (Å²) < 4.78 is 51.1. The van der Waals surface area contributed by atoms with Crippen LogP contribution in [-0.4, -0.2) is 19.6 Å². The molecule has 2 aromatic heterocycles. The van der Waals surface area contributed by atoms with E-state index in [1.54, 1.807) is 30.5 Å². The van der Waals surface area contributed by atoms with Gasteiger partial charge >= 0.3 is 0 Å². The van der Waals surface area contributed by atoms with E-state index in [2.05, 4.69) is 120 Å². The first-order valence-corrected chi connectivity index (χ1v) is 22.1. The Bertz CT molecular complexity index is 3380. The van der Waals surface area contributed by atoms with E-state index in [1.165, 1.54) is 0 Å². The summed E-state index contributed by atoms with van der Waals surface area (Å²) in [6.45, 7) is 10.4. The molecule has 0 aliphatic rings. The highest BCUT2D eigenvalue weighted by Gasteiger charge is 2.25. The smallest absolute Gasteiger partial charge is 0.149 e. The maximum absolute atomic E-state index is 12.4. The van der Waals surface area contributed by atoms with Crippen LogP contribution < -0.4 is 0 Å². The number of aromatic hydroxyl groups is 1. The van der Waals surface area contributed by atoms with Crippen molar-refractivity contribution < 1.29 is 13.3 Å². The number of pyridine rings is 1. The predicted octanol–water partition coefficient (Wildman–Crippen LogP) is 16.3. The number of imidazole rings is 1. The number of phenols is 1. The van der Waals surface area contributed by atoms with Crippen LogP contribution in [0.2, 0.25) is 0 Å². The second kappa shape index (κ2) is 16.9. The van der Waals surface area contributed by atoms with Crippen LogP contribution in [0.25, 0.3) is 83.9 Å². The van der Waals surface area contributed by atoms with Crippen molar-refractivity contribution in [1.29, 1.82) is 0 Å². The summed E-state index contributed by atoms with van der Waals surface area (Å²) in [4.78, 5) is 10.4. The highest BCUT2D eigenvalue weighted by molar-refractivity contribution is 5.98. The fraction of sp³-hybridized carbons (Fsp3) is 0.200. The summed E-state index contributed by atoms with van der Waals surface area (Å²) in [6.07, 6.45) is 1.78. The molecule has 0 aliphatic heterocycles. The second-order valence-corrected chi connectivity index (χ2v) is 18.5. The van der Waals surface area contributed by atoms with Crippen LogP contribution in [-0.2, 0) is 5.41 Å². The molecule has 1 N–H and O–H groups in total. The topological polar surface area (TPSA) is 50.9 Å². The third-order valence-electron chi connectivity index (χ3n) is 12.3. The highest BCUT2D eigenvalue weighted by Crippen LogP contribution is 2.44. The minimum Gasteiger partial charge on any atom is -0.507 e. The van der Waals surface area contributed by atoms with E-state index in [0.717, 1.165) is 83.7 Å². The third kappa shape index (κ3) is 8.17. The van der Waals surface area contributed by atoms with Gasteiger partial charge in [-0.05, 0) is 136 Å². The highest BCUT2D eigenvalue weighted by atomic mass is 16.3. The Kier molecular flexibility index (Phi) is 9.36. The van der Waals surface area contributed by atoms with Gasteiger partial charge in [-0.2, -0.15) is 0 Å². The molecular formula is C60H57N3O. The number of phenolic OH excluding ortho intramolecular Hbond substituents is 1. The third-order valence-corrected chi connectivity index (χ3v) is 12.3. The van der Waals surface area contributed by atoms with Gasteiger partial charge < -0.3 is 5.11 Å². The van der Waals surface area contributed by atoms with Crippen molar-refractivity contribution in [3.8, 4) is 78.6 Å². The monoisotopic (exact) mass is 841 g/mol. The average Bonchev–Trinajstić information content (AvgIpc) is 3.72. The van der Waals surface area contributed by atoms with E-state index < -0.39 is 13.7 Å². The van der Waals surface area contributed by atoms with E-state index in [-0.39, 0.29) is 34.1 Å². The Labute approximate surface area is 387 Å². The minimum atomic E-state index is -2.36. The first-order chi connectivity index (χ1) is 33.2. The zero-order chi connectivity index (χ0) is 49.9. The average molecular weight is 842 g/mol. The van der Waals surface area contributed by atoms with Crippen LogP contribution in [0, 0.1) is 13.7 Å². The van der Waals surface area contributed by atoms with Gasteiger partial charge in [-0.3, -0.25) is 9.55 Å². The number of benzene rings is 7. The quantitative estimate of drug-likeness (QED) is 0.157. The van der Waals surface area contributed by atoms with Gasteiger partial charge in [-0.25, -0.2) is 4.98 Å². The number of rotatable bonds is 9.